The number of hydrogen-bond acceptors (Lipinski definition) is 3. The molecule has 1 rings (SSSR count). The Kier molecular flexibility index (Phi) is 3.35. The highest BCUT2D eigenvalue weighted by atomic mass is 35.5. The van der Waals surface area contributed by atoms with Gasteiger partial charge in [-0.25, -0.2) is 0 Å². The lowest BCUT2D eigenvalue weighted by Crippen LogP contribution is -1.82. The number of hydrogen-bond donors (Lipinski definition) is 0. The minimum absolute atomic E-state index is 0.525. The first-order valence-electron chi connectivity index (χ1n) is 3.32. The van der Waals surface area contributed by atoms with Crippen molar-refractivity contribution >= 4 is 29.6 Å². The van der Waals surface area contributed by atoms with Crippen molar-refractivity contribution in [2.45, 2.75) is 6.92 Å². The largest absolute Gasteiger partial charge is 0.441 e. The van der Waals surface area contributed by atoms with Crippen molar-refractivity contribution in [2.75, 3.05) is 17.8 Å². The molecule has 0 fully saturated rings. The van der Waals surface area contributed by atoms with E-state index in [2.05, 4.69) is 0 Å². The summed E-state index contributed by atoms with van der Waals surface area (Å²) in [6, 6.07) is 0. The van der Waals surface area contributed by atoms with Crippen molar-refractivity contribution in [3.05, 3.63) is 11.8 Å². The molecule has 5 heteroatoms. The van der Waals surface area contributed by atoms with Crippen LogP contribution >= 0.6 is 29.6 Å². The molecule has 0 aromatic rings. The fourth-order valence-corrected chi connectivity index (χ4v) is 5.07. The Hall–Kier alpha value is 0.410. The smallest absolute Gasteiger partial charge is 0.306 e. The average Bonchev–Trinajstić information content (AvgIpc) is 2.28. The Bertz CT molecular complexity index is 217. The maximum absolute atomic E-state index is 11.6. The second-order valence-electron chi connectivity index (χ2n) is 2.22. The summed E-state index contributed by atoms with van der Waals surface area (Å²) >= 11 is 6.80. The third-order valence-corrected chi connectivity index (χ3v) is 6.04. The van der Waals surface area contributed by atoms with Gasteiger partial charge in [-0.1, -0.05) is 11.4 Å². The Balaban J connectivity index is 2.40. The van der Waals surface area contributed by atoms with Crippen LogP contribution in [0.1, 0.15) is 6.92 Å². The quantitative estimate of drug-likeness (QED) is 0.531. The molecule has 1 aliphatic heterocycles. The number of allylic oxidation sites excluding steroid dienone is 2. The zero-order valence-corrected chi connectivity index (χ0v) is 8.72. The second kappa shape index (κ2) is 3.88. The fourth-order valence-electron chi connectivity index (χ4n) is 0.787. The third-order valence-electron chi connectivity index (χ3n) is 1.25. The van der Waals surface area contributed by atoms with Crippen molar-refractivity contribution in [1.29, 1.82) is 0 Å². The van der Waals surface area contributed by atoms with E-state index in [0.717, 1.165) is 5.76 Å². The summed E-state index contributed by atoms with van der Waals surface area (Å²) in [4.78, 5) is 0. The topological polar surface area (TPSA) is 26.3 Å². The Labute approximate surface area is 75.5 Å². The molecule has 0 bridgehead atoms. The van der Waals surface area contributed by atoms with E-state index in [-0.39, 0.29) is 0 Å². The average molecular weight is 213 g/mol. The van der Waals surface area contributed by atoms with Gasteiger partial charge in [-0.2, -0.15) is 0 Å². The van der Waals surface area contributed by atoms with Crippen LogP contribution in [0.25, 0.3) is 0 Å². The first-order chi connectivity index (χ1) is 5.16. The van der Waals surface area contributed by atoms with Crippen LogP contribution in [-0.2, 0) is 9.09 Å². The lowest BCUT2D eigenvalue weighted by Gasteiger charge is -2.09. The lowest BCUT2D eigenvalue weighted by atomic mass is 10.5. The SMILES string of the molecule is CC1=CCP(=O)(SCCCl)O1. The van der Waals surface area contributed by atoms with Crippen LogP contribution in [-0.4, -0.2) is 17.8 Å². The van der Waals surface area contributed by atoms with Crippen molar-refractivity contribution in [2.24, 2.45) is 0 Å². The highest BCUT2D eigenvalue weighted by Gasteiger charge is 2.28. The van der Waals surface area contributed by atoms with Crippen molar-refractivity contribution < 1.29 is 9.09 Å². The van der Waals surface area contributed by atoms with Gasteiger partial charge in [0, 0.05) is 11.6 Å². The normalized spacial score (nSPS) is 29.8. The minimum atomic E-state index is -2.40. The van der Waals surface area contributed by atoms with E-state index < -0.39 is 6.57 Å². The fraction of sp³-hybridized carbons (Fsp3) is 0.667. The molecule has 0 N–H and O–H groups in total. The first-order valence-corrected chi connectivity index (χ1v) is 7.26. The van der Waals surface area contributed by atoms with Gasteiger partial charge in [-0.15, -0.1) is 11.6 Å². The van der Waals surface area contributed by atoms with Crippen LogP contribution in [0.15, 0.2) is 11.8 Å². The summed E-state index contributed by atoms with van der Waals surface area (Å²) in [6.45, 7) is -0.583. The van der Waals surface area contributed by atoms with Crippen LogP contribution in [0.3, 0.4) is 0 Å². The summed E-state index contributed by atoms with van der Waals surface area (Å²) in [6.07, 6.45) is 2.42. The molecular formula is C6H10ClO2PS. The molecule has 2 nitrogen and oxygen atoms in total. The molecule has 1 unspecified atom stereocenters. The predicted octanol–water partition coefficient (Wildman–Crippen LogP) is 3.09. The summed E-state index contributed by atoms with van der Waals surface area (Å²) in [7, 11) is 0. The van der Waals surface area contributed by atoms with E-state index in [9.17, 15) is 4.57 Å². The highest BCUT2D eigenvalue weighted by molar-refractivity contribution is 8.56. The van der Waals surface area contributed by atoms with Gasteiger partial charge in [-0.3, -0.25) is 4.57 Å². The summed E-state index contributed by atoms with van der Waals surface area (Å²) in [5.41, 5.74) is 0. The Morgan fingerprint density at radius 2 is 2.64 bits per heavy atom. The summed E-state index contributed by atoms with van der Waals surface area (Å²) < 4.78 is 16.8. The van der Waals surface area contributed by atoms with E-state index in [4.69, 9.17) is 16.1 Å². The lowest BCUT2D eigenvalue weighted by molar-refractivity contribution is 0.435. The zero-order chi connectivity index (χ0) is 8.32. The third kappa shape index (κ3) is 2.73. The van der Waals surface area contributed by atoms with Crippen LogP contribution in [0.5, 0.6) is 0 Å². The van der Waals surface area contributed by atoms with E-state index in [0.29, 0.717) is 17.8 Å². The Morgan fingerprint density at radius 1 is 1.91 bits per heavy atom. The minimum Gasteiger partial charge on any atom is -0.441 e. The Morgan fingerprint density at radius 3 is 3.09 bits per heavy atom. The molecule has 0 spiro atoms. The van der Waals surface area contributed by atoms with E-state index >= 15 is 0 Å². The van der Waals surface area contributed by atoms with Gasteiger partial charge in [0.2, 0.25) is 0 Å². The number of alkyl halides is 1. The summed E-state index contributed by atoms with van der Waals surface area (Å²) in [5, 5.41) is 0. The monoisotopic (exact) mass is 212 g/mol. The van der Waals surface area contributed by atoms with Gasteiger partial charge in [0.25, 0.3) is 0 Å². The summed E-state index contributed by atoms with van der Waals surface area (Å²) in [5.74, 6) is 1.99. The van der Waals surface area contributed by atoms with Crippen LogP contribution in [0.4, 0.5) is 0 Å². The van der Waals surface area contributed by atoms with Gasteiger partial charge >= 0.3 is 6.57 Å². The van der Waals surface area contributed by atoms with Gasteiger partial charge < -0.3 is 4.52 Å². The molecule has 1 atom stereocenters. The van der Waals surface area contributed by atoms with Crippen molar-refractivity contribution in [1.82, 2.24) is 0 Å². The maximum atomic E-state index is 11.6. The predicted molar refractivity (Wildman–Crippen MR) is 50.5 cm³/mol. The molecule has 0 aromatic heterocycles. The van der Waals surface area contributed by atoms with E-state index in [1.165, 1.54) is 11.4 Å². The van der Waals surface area contributed by atoms with Crippen LogP contribution in [0, 0.1) is 0 Å². The van der Waals surface area contributed by atoms with Crippen LogP contribution < -0.4 is 0 Å². The van der Waals surface area contributed by atoms with E-state index in [1.54, 1.807) is 0 Å². The van der Waals surface area contributed by atoms with Gasteiger partial charge in [0.1, 0.15) is 0 Å². The molecule has 0 aromatic carbocycles. The first kappa shape index (κ1) is 9.50. The van der Waals surface area contributed by atoms with Crippen LogP contribution in [0.2, 0.25) is 0 Å². The molecule has 0 aliphatic carbocycles. The van der Waals surface area contributed by atoms with Gasteiger partial charge in [0.05, 0.1) is 11.9 Å². The molecule has 1 aliphatic rings. The zero-order valence-electron chi connectivity index (χ0n) is 6.25. The molecule has 0 saturated heterocycles. The molecule has 0 radical (unpaired) electrons. The molecule has 0 amide bonds. The molecule has 1 heterocycles. The maximum Gasteiger partial charge on any atom is 0.306 e. The van der Waals surface area contributed by atoms with Crippen molar-refractivity contribution in [3.63, 3.8) is 0 Å². The standard InChI is InChI=1S/C6H10ClO2PS/c1-6-2-4-10(8,9-6)11-5-3-7/h2H,3-5H2,1H3. The second-order valence-corrected chi connectivity index (χ2v) is 7.48. The van der Waals surface area contributed by atoms with Gasteiger partial charge in [0.15, 0.2) is 0 Å². The highest BCUT2D eigenvalue weighted by Crippen LogP contribution is 2.63. The molecule has 0 saturated carbocycles. The van der Waals surface area contributed by atoms with E-state index in [1.807, 2.05) is 13.0 Å². The number of halogens is 1. The molecule has 11 heavy (non-hydrogen) atoms. The van der Waals surface area contributed by atoms with Crippen molar-refractivity contribution in [3.8, 4) is 0 Å². The molecule has 64 valence electrons. The molecular weight excluding hydrogens is 203 g/mol. The van der Waals surface area contributed by atoms with Gasteiger partial charge in [-0.05, 0) is 13.0 Å². The number of rotatable bonds is 3.